The Hall–Kier alpha value is -3.18. The van der Waals surface area contributed by atoms with Crippen LogP contribution in [0.1, 0.15) is 22.3 Å². The molecule has 0 aliphatic carbocycles. The quantitative estimate of drug-likeness (QED) is 0.561. The summed E-state index contributed by atoms with van der Waals surface area (Å²) in [5, 5.41) is 2.99. The van der Waals surface area contributed by atoms with Crippen LogP contribution in [0.5, 0.6) is 0 Å². The van der Waals surface area contributed by atoms with Crippen molar-refractivity contribution in [1.29, 1.82) is 0 Å². The molecule has 0 fully saturated rings. The summed E-state index contributed by atoms with van der Waals surface area (Å²) in [6, 6.07) is 22.4. The third-order valence-corrected chi connectivity index (χ3v) is 4.62. The fourth-order valence-corrected chi connectivity index (χ4v) is 3.10. The second-order valence-electron chi connectivity index (χ2n) is 7.25. The van der Waals surface area contributed by atoms with E-state index < -0.39 is 0 Å². The van der Waals surface area contributed by atoms with Crippen LogP contribution in [0, 0.1) is 0 Å². The molecule has 5 heteroatoms. The van der Waals surface area contributed by atoms with Crippen molar-refractivity contribution < 1.29 is 4.79 Å². The highest BCUT2D eigenvalue weighted by Gasteiger charge is 2.13. The van der Waals surface area contributed by atoms with Crippen molar-refractivity contribution in [2.45, 2.75) is 13.0 Å². The predicted molar refractivity (Wildman–Crippen MR) is 118 cm³/mol. The van der Waals surface area contributed by atoms with Gasteiger partial charge in [-0.25, -0.2) is 0 Å². The van der Waals surface area contributed by atoms with Gasteiger partial charge in [-0.3, -0.25) is 9.78 Å². The molecule has 0 saturated heterocycles. The molecule has 0 saturated carbocycles. The van der Waals surface area contributed by atoms with Gasteiger partial charge in [-0.2, -0.15) is 0 Å². The Balaban J connectivity index is 1.79. The van der Waals surface area contributed by atoms with E-state index in [0.717, 1.165) is 24.3 Å². The van der Waals surface area contributed by atoms with E-state index in [1.54, 1.807) is 12.4 Å². The van der Waals surface area contributed by atoms with Gasteiger partial charge in [0.15, 0.2) is 0 Å². The van der Waals surface area contributed by atoms with Crippen LogP contribution in [-0.4, -0.2) is 43.0 Å². The average Bonchev–Trinajstić information content (AvgIpc) is 2.76. The van der Waals surface area contributed by atoms with Crippen LogP contribution in [0.2, 0.25) is 0 Å². The van der Waals surface area contributed by atoms with Gasteiger partial charge in [0.25, 0.3) is 5.91 Å². The van der Waals surface area contributed by atoms with Crippen molar-refractivity contribution in [3.8, 4) is 0 Å². The standard InChI is InChI=1S/C24H28N4O/c1-27(2)15-9-14-26-24(29)21-16-23(18-25-17-21)28(22-12-7-4-8-13-22)19-20-10-5-3-6-11-20/h3-8,10-13,16-18H,9,14-15,19H2,1-2H3,(H,26,29). The maximum absolute atomic E-state index is 12.6. The van der Waals surface area contributed by atoms with E-state index in [2.05, 4.69) is 44.4 Å². The number of para-hydroxylation sites is 1. The third-order valence-electron chi connectivity index (χ3n) is 4.62. The number of nitrogens with zero attached hydrogens (tertiary/aromatic N) is 3. The normalized spacial score (nSPS) is 10.7. The van der Waals surface area contributed by atoms with Gasteiger partial charge in [-0.15, -0.1) is 0 Å². The third kappa shape index (κ3) is 6.16. The first-order valence-electron chi connectivity index (χ1n) is 9.88. The maximum Gasteiger partial charge on any atom is 0.252 e. The van der Waals surface area contributed by atoms with E-state index in [0.29, 0.717) is 18.7 Å². The Morgan fingerprint density at radius 1 is 0.931 bits per heavy atom. The van der Waals surface area contributed by atoms with Gasteiger partial charge in [0.05, 0.1) is 17.4 Å². The van der Waals surface area contributed by atoms with Crippen molar-refractivity contribution in [3.05, 3.63) is 90.3 Å². The van der Waals surface area contributed by atoms with Crippen molar-refractivity contribution in [2.75, 3.05) is 32.1 Å². The minimum atomic E-state index is -0.0918. The second-order valence-corrected chi connectivity index (χ2v) is 7.25. The molecule has 5 nitrogen and oxygen atoms in total. The highest BCUT2D eigenvalue weighted by Crippen LogP contribution is 2.27. The topological polar surface area (TPSA) is 48.5 Å². The number of carbonyl (C=O) groups excluding carboxylic acids is 1. The molecule has 2 aromatic carbocycles. The first-order chi connectivity index (χ1) is 14.1. The molecule has 0 spiro atoms. The van der Waals surface area contributed by atoms with E-state index in [9.17, 15) is 4.79 Å². The molecule has 3 aromatic rings. The Morgan fingerprint density at radius 2 is 1.62 bits per heavy atom. The van der Waals surface area contributed by atoms with Crippen LogP contribution in [0.4, 0.5) is 11.4 Å². The zero-order valence-electron chi connectivity index (χ0n) is 17.1. The zero-order valence-corrected chi connectivity index (χ0v) is 17.1. The highest BCUT2D eigenvalue weighted by atomic mass is 16.1. The van der Waals surface area contributed by atoms with Gasteiger partial charge < -0.3 is 15.1 Å². The number of hydrogen-bond donors (Lipinski definition) is 1. The number of hydrogen-bond acceptors (Lipinski definition) is 4. The lowest BCUT2D eigenvalue weighted by Gasteiger charge is -2.25. The number of anilines is 2. The molecule has 150 valence electrons. The van der Waals surface area contributed by atoms with E-state index in [1.807, 2.05) is 56.6 Å². The highest BCUT2D eigenvalue weighted by molar-refractivity contribution is 5.94. The second kappa shape index (κ2) is 10.4. The molecule has 0 atom stereocenters. The molecule has 0 radical (unpaired) electrons. The molecule has 0 aliphatic rings. The number of rotatable bonds is 9. The minimum absolute atomic E-state index is 0.0918. The molecule has 3 rings (SSSR count). The summed E-state index contributed by atoms with van der Waals surface area (Å²) < 4.78 is 0. The summed E-state index contributed by atoms with van der Waals surface area (Å²) in [6.07, 6.45) is 4.34. The molecule has 1 N–H and O–H groups in total. The number of amides is 1. The largest absolute Gasteiger partial charge is 0.352 e. The van der Waals surface area contributed by atoms with Crippen molar-refractivity contribution >= 4 is 17.3 Å². The van der Waals surface area contributed by atoms with E-state index in [1.165, 1.54) is 5.56 Å². The van der Waals surface area contributed by atoms with Gasteiger partial charge >= 0.3 is 0 Å². The van der Waals surface area contributed by atoms with E-state index in [4.69, 9.17) is 0 Å². The molecule has 0 bridgehead atoms. The molecule has 1 aromatic heterocycles. The molecule has 1 amide bonds. The van der Waals surface area contributed by atoms with Gasteiger partial charge in [-0.1, -0.05) is 48.5 Å². The smallest absolute Gasteiger partial charge is 0.252 e. The van der Waals surface area contributed by atoms with E-state index in [-0.39, 0.29) is 5.91 Å². The SMILES string of the molecule is CN(C)CCCNC(=O)c1cncc(N(Cc2ccccc2)c2ccccc2)c1. The Labute approximate surface area is 173 Å². The summed E-state index contributed by atoms with van der Waals surface area (Å²) in [7, 11) is 4.06. The van der Waals surface area contributed by atoms with Crippen LogP contribution >= 0.6 is 0 Å². The number of nitrogens with one attached hydrogen (secondary N) is 1. The van der Waals surface area contributed by atoms with Crippen molar-refractivity contribution in [2.24, 2.45) is 0 Å². The lowest BCUT2D eigenvalue weighted by atomic mass is 10.1. The van der Waals surface area contributed by atoms with Crippen molar-refractivity contribution in [3.63, 3.8) is 0 Å². The van der Waals surface area contributed by atoms with Gasteiger partial charge in [0, 0.05) is 25.0 Å². The molecule has 0 unspecified atom stereocenters. The van der Waals surface area contributed by atoms with Gasteiger partial charge in [0.1, 0.15) is 0 Å². The van der Waals surface area contributed by atoms with Crippen molar-refractivity contribution in [1.82, 2.24) is 15.2 Å². The minimum Gasteiger partial charge on any atom is -0.352 e. The van der Waals surface area contributed by atoms with Crippen LogP contribution in [0.3, 0.4) is 0 Å². The number of carbonyl (C=O) groups is 1. The van der Waals surface area contributed by atoms with Gasteiger partial charge in [-0.05, 0) is 50.8 Å². The zero-order chi connectivity index (χ0) is 20.5. The fraction of sp³-hybridized carbons (Fsp3) is 0.250. The van der Waals surface area contributed by atoms with Crippen LogP contribution in [0.25, 0.3) is 0 Å². The lowest BCUT2D eigenvalue weighted by Crippen LogP contribution is -2.27. The number of benzene rings is 2. The number of aromatic nitrogens is 1. The Bertz CT molecular complexity index is 897. The van der Waals surface area contributed by atoms with Crippen LogP contribution in [0.15, 0.2) is 79.1 Å². The summed E-state index contributed by atoms with van der Waals surface area (Å²) in [6.45, 7) is 2.28. The summed E-state index contributed by atoms with van der Waals surface area (Å²) in [5.74, 6) is -0.0918. The monoisotopic (exact) mass is 388 g/mol. The predicted octanol–water partition coefficient (Wildman–Crippen LogP) is 4.10. The molecule has 0 aliphatic heterocycles. The molecule has 29 heavy (non-hydrogen) atoms. The van der Waals surface area contributed by atoms with E-state index >= 15 is 0 Å². The van der Waals surface area contributed by atoms with Gasteiger partial charge in [0.2, 0.25) is 0 Å². The fourth-order valence-electron chi connectivity index (χ4n) is 3.10. The number of pyridine rings is 1. The first-order valence-corrected chi connectivity index (χ1v) is 9.88. The molecular formula is C24H28N4O. The summed E-state index contributed by atoms with van der Waals surface area (Å²) >= 11 is 0. The van der Waals surface area contributed by atoms with Crippen LogP contribution < -0.4 is 10.2 Å². The Morgan fingerprint density at radius 3 is 2.31 bits per heavy atom. The maximum atomic E-state index is 12.6. The molecular weight excluding hydrogens is 360 g/mol. The summed E-state index contributed by atoms with van der Waals surface area (Å²) in [4.78, 5) is 21.2. The average molecular weight is 389 g/mol. The summed E-state index contributed by atoms with van der Waals surface area (Å²) in [5.41, 5.74) is 3.71. The molecule has 1 heterocycles. The lowest BCUT2D eigenvalue weighted by molar-refractivity contribution is 0.0952. The van der Waals surface area contributed by atoms with Crippen LogP contribution in [-0.2, 0) is 6.54 Å². The first kappa shape index (κ1) is 20.6. The Kier molecular flexibility index (Phi) is 7.36.